The van der Waals surface area contributed by atoms with Crippen molar-refractivity contribution in [3.05, 3.63) is 41.0 Å². The molecule has 1 unspecified atom stereocenters. The van der Waals surface area contributed by atoms with Gasteiger partial charge in [-0.3, -0.25) is 4.79 Å². The maximum absolute atomic E-state index is 13.9. The van der Waals surface area contributed by atoms with Crippen LogP contribution in [0.25, 0.3) is 0 Å². The van der Waals surface area contributed by atoms with Crippen LogP contribution in [0.2, 0.25) is 5.02 Å². The summed E-state index contributed by atoms with van der Waals surface area (Å²) in [6.07, 6.45) is -1.58. The zero-order valence-electron chi connectivity index (χ0n) is 11.6. The number of amides is 1. The predicted molar refractivity (Wildman–Crippen MR) is 77.3 cm³/mol. The Kier molecular flexibility index (Phi) is 4.16. The summed E-state index contributed by atoms with van der Waals surface area (Å²) in [6.45, 7) is 0.275. The van der Waals surface area contributed by atoms with Crippen LogP contribution < -0.4 is 10.2 Å². The molecule has 1 atom stereocenters. The monoisotopic (exact) mass is 345 g/mol. The van der Waals surface area contributed by atoms with Crippen molar-refractivity contribution in [1.82, 2.24) is 4.98 Å². The number of hydrogen-bond acceptors (Lipinski definition) is 4. The van der Waals surface area contributed by atoms with E-state index in [-0.39, 0.29) is 23.3 Å². The second-order valence-corrected chi connectivity index (χ2v) is 5.39. The van der Waals surface area contributed by atoms with E-state index in [1.807, 2.05) is 0 Å². The van der Waals surface area contributed by atoms with E-state index in [1.165, 1.54) is 17.0 Å². The van der Waals surface area contributed by atoms with Crippen LogP contribution in [0.15, 0.2) is 28.9 Å². The quantitative estimate of drug-likeness (QED) is 0.919. The molecular weight excluding hydrogens is 335 g/mol. The molecule has 0 spiro atoms. The molecule has 5 nitrogen and oxygen atoms in total. The molecule has 1 aliphatic rings. The fourth-order valence-corrected chi connectivity index (χ4v) is 2.51. The van der Waals surface area contributed by atoms with Crippen molar-refractivity contribution in [2.45, 2.75) is 18.9 Å². The van der Waals surface area contributed by atoms with Crippen LogP contribution in [0.4, 0.5) is 24.9 Å². The van der Waals surface area contributed by atoms with E-state index in [2.05, 4.69) is 10.3 Å². The maximum Gasteiger partial charge on any atom is 0.295 e. The highest BCUT2D eigenvalue weighted by Crippen LogP contribution is 2.28. The number of rotatable bonds is 4. The highest BCUT2D eigenvalue weighted by atomic mass is 35.5. The van der Waals surface area contributed by atoms with Crippen molar-refractivity contribution in [2.75, 3.05) is 16.8 Å². The van der Waals surface area contributed by atoms with Gasteiger partial charge in [-0.1, -0.05) is 11.6 Å². The Morgan fingerprint density at radius 3 is 2.87 bits per heavy atom. The first-order valence-corrected chi connectivity index (χ1v) is 7.10. The molecule has 2 aromatic rings. The largest absolute Gasteiger partial charge is 0.432 e. The van der Waals surface area contributed by atoms with Crippen molar-refractivity contribution in [1.29, 1.82) is 0 Å². The average molecular weight is 346 g/mol. The van der Waals surface area contributed by atoms with Crippen molar-refractivity contribution in [2.24, 2.45) is 0 Å². The van der Waals surface area contributed by atoms with Gasteiger partial charge in [0.2, 0.25) is 5.91 Å². The Balaban J connectivity index is 1.73. The van der Waals surface area contributed by atoms with Crippen molar-refractivity contribution >= 4 is 29.2 Å². The highest BCUT2D eigenvalue weighted by Gasteiger charge is 2.34. The first kappa shape index (κ1) is 15.7. The van der Waals surface area contributed by atoms with Gasteiger partial charge >= 0.3 is 0 Å². The summed E-state index contributed by atoms with van der Waals surface area (Å²) in [4.78, 5) is 17.1. The molecule has 9 heteroatoms. The van der Waals surface area contributed by atoms with Gasteiger partial charge in [0.1, 0.15) is 23.8 Å². The number of aromatic nitrogens is 1. The zero-order valence-corrected chi connectivity index (χ0v) is 12.4. The molecule has 2 heterocycles. The molecule has 0 radical (unpaired) electrons. The fourth-order valence-electron chi connectivity index (χ4n) is 2.35. The lowest BCUT2D eigenvalue weighted by molar-refractivity contribution is -0.117. The Hall–Kier alpha value is -2.22. The molecule has 1 aromatic carbocycles. The Morgan fingerprint density at radius 2 is 2.22 bits per heavy atom. The number of carbonyl (C=O) groups excluding carboxylic acids is 1. The summed E-state index contributed by atoms with van der Waals surface area (Å²) < 4.78 is 43.7. The smallest absolute Gasteiger partial charge is 0.295 e. The van der Waals surface area contributed by atoms with Gasteiger partial charge in [-0.05, 0) is 24.6 Å². The number of oxazole rings is 1. The van der Waals surface area contributed by atoms with E-state index in [4.69, 9.17) is 16.0 Å². The first-order valence-electron chi connectivity index (χ1n) is 6.72. The molecule has 0 bridgehead atoms. The van der Waals surface area contributed by atoms with E-state index in [9.17, 15) is 18.0 Å². The third kappa shape index (κ3) is 3.12. The lowest BCUT2D eigenvalue weighted by Crippen LogP contribution is -2.34. The van der Waals surface area contributed by atoms with Crippen LogP contribution in [0.5, 0.6) is 0 Å². The lowest BCUT2D eigenvalue weighted by Gasteiger charge is -2.17. The molecule has 3 rings (SSSR count). The molecule has 1 fully saturated rings. The second kappa shape index (κ2) is 6.11. The van der Waals surface area contributed by atoms with Gasteiger partial charge < -0.3 is 14.6 Å². The molecule has 1 aliphatic heterocycles. The van der Waals surface area contributed by atoms with Crippen LogP contribution in [0.3, 0.4) is 0 Å². The van der Waals surface area contributed by atoms with Gasteiger partial charge in [-0.15, -0.1) is 0 Å². The summed E-state index contributed by atoms with van der Waals surface area (Å²) >= 11 is 5.69. The number of benzene rings is 1. The van der Waals surface area contributed by atoms with Gasteiger partial charge in [-0.2, -0.15) is 4.98 Å². The average Bonchev–Trinajstić information content (AvgIpc) is 3.09. The van der Waals surface area contributed by atoms with E-state index in [0.717, 1.165) is 12.3 Å². The molecular formula is C14H11ClF3N3O2. The van der Waals surface area contributed by atoms with E-state index in [1.54, 1.807) is 0 Å². The van der Waals surface area contributed by atoms with Crippen molar-refractivity contribution in [3.8, 4) is 0 Å². The number of halogens is 4. The Bertz CT molecular complexity index is 738. The van der Waals surface area contributed by atoms with Gasteiger partial charge in [0, 0.05) is 11.6 Å². The van der Waals surface area contributed by atoms with Gasteiger partial charge in [-0.25, -0.2) is 13.2 Å². The van der Waals surface area contributed by atoms with Crippen LogP contribution in [0, 0.1) is 5.82 Å². The Morgan fingerprint density at radius 1 is 1.43 bits per heavy atom. The van der Waals surface area contributed by atoms with E-state index in [0.29, 0.717) is 6.42 Å². The van der Waals surface area contributed by atoms with Gasteiger partial charge in [0.25, 0.3) is 12.4 Å². The van der Waals surface area contributed by atoms with Gasteiger partial charge in [0.05, 0.1) is 5.69 Å². The summed E-state index contributed by atoms with van der Waals surface area (Å²) in [5.74, 6) is -1.01. The maximum atomic E-state index is 13.9. The molecule has 0 aliphatic carbocycles. The fraction of sp³-hybridized carbons (Fsp3) is 0.286. The lowest BCUT2D eigenvalue weighted by atomic mass is 10.2. The summed E-state index contributed by atoms with van der Waals surface area (Å²) in [5, 5.41) is 2.87. The van der Waals surface area contributed by atoms with Crippen molar-refractivity contribution < 1.29 is 22.4 Å². The highest BCUT2D eigenvalue weighted by molar-refractivity contribution is 6.30. The minimum atomic E-state index is -2.76. The SMILES string of the molecule is O=C1C(Nc2nc(C(F)F)co2)CCN1c1ccc(Cl)cc1F. The van der Waals surface area contributed by atoms with Crippen LogP contribution in [-0.2, 0) is 4.79 Å². The Labute approximate surface area is 134 Å². The van der Waals surface area contributed by atoms with E-state index < -0.39 is 29.9 Å². The number of hydrogen-bond donors (Lipinski definition) is 1. The minimum absolute atomic E-state index is 0.115. The van der Waals surface area contributed by atoms with Crippen LogP contribution in [-0.4, -0.2) is 23.5 Å². The predicted octanol–water partition coefficient (Wildman–Crippen LogP) is 3.62. The molecule has 122 valence electrons. The van der Waals surface area contributed by atoms with Crippen LogP contribution >= 0.6 is 11.6 Å². The molecule has 1 saturated heterocycles. The molecule has 1 amide bonds. The number of nitrogens with zero attached hydrogens (tertiary/aromatic N) is 2. The van der Waals surface area contributed by atoms with E-state index >= 15 is 0 Å². The first-order chi connectivity index (χ1) is 11.0. The number of nitrogens with one attached hydrogen (secondary N) is 1. The summed E-state index contributed by atoms with van der Waals surface area (Å²) in [7, 11) is 0. The summed E-state index contributed by atoms with van der Waals surface area (Å²) in [6, 6.07) is 3.12. The standard InChI is InChI=1S/C14H11ClF3N3O2/c15-7-1-2-11(8(16)5-7)21-4-3-9(13(21)22)19-14-20-10(6-23-14)12(17)18/h1-2,5-6,9,12H,3-4H2,(H,19,20). The number of anilines is 2. The number of carbonyl (C=O) groups is 1. The third-order valence-corrected chi connectivity index (χ3v) is 3.68. The normalized spacial score (nSPS) is 18.0. The van der Waals surface area contributed by atoms with Gasteiger partial charge in [0.15, 0.2) is 0 Å². The third-order valence-electron chi connectivity index (χ3n) is 3.45. The summed E-state index contributed by atoms with van der Waals surface area (Å²) in [5.41, 5.74) is -0.400. The molecule has 0 saturated carbocycles. The number of alkyl halides is 2. The zero-order chi connectivity index (χ0) is 16.6. The topological polar surface area (TPSA) is 58.4 Å². The molecule has 23 heavy (non-hydrogen) atoms. The van der Waals surface area contributed by atoms with Crippen molar-refractivity contribution in [3.63, 3.8) is 0 Å². The molecule has 1 N–H and O–H groups in total. The van der Waals surface area contributed by atoms with Crippen LogP contribution in [0.1, 0.15) is 18.5 Å². The molecule has 1 aromatic heterocycles. The minimum Gasteiger partial charge on any atom is -0.432 e. The second-order valence-electron chi connectivity index (χ2n) is 4.95.